The van der Waals surface area contributed by atoms with E-state index in [0.717, 1.165) is 0 Å². The second-order valence-electron chi connectivity index (χ2n) is 3.42. The lowest BCUT2D eigenvalue weighted by atomic mass is 10.2. The molecule has 0 radical (unpaired) electrons. The second kappa shape index (κ2) is 12.4. The molecule has 0 aliphatic heterocycles. The highest BCUT2D eigenvalue weighted by Crippen LogP contribution is 1.91. The molecule has 0 saturated carbocycles. The van der Waals surface area contributed by atoms with Crippen LogP contribution in [0.15, 0.2) is 24.3 Å². The Balaban J connectivity index is 3.64. The lowest BCUT2D eigenvalue weighted by Crippen LogP contribution is -2.10. The molecule has 0 spiro atoms. The Bertz CT molecular complexity index is 404. The van der Waals surface area contributed by atoms with Crippen molar-refractivity contribution in [2.75, 3.05) is 20.3 Å². The summed E-state index contributed by atoms with van der Waals surface area (Å²) < 4.78 is 9.41. The van der Waals surface area contributed by atoms with Crippen LogP contribution in [0.1, 0.15) is 12.8 Å². The quantitative estimate of drug-likeness (QED) is 0.323. The van der Waals surface area contributed by atoms with E-state index in [1.807, 2.05) is 0 Å². The molecule has 0 heterocycles. The zero-order valence-electron chi connectivity index (χ0n) is 11.0. The van der Waals surface area contributed by atoms with Crippen LogP contribution in [-0.2, 0) is 14.3 Å². The van der Waals surface area contributed by atoms with Crippen molar-refractivity contribution in [3.63, 3.8) is 0 Å². The molecule has 4 heteroatoms. The number of methoxy groups -OCH3 is 1. The van der Waals surface area contributed by atoms with Gasteiger partial charge in [-0.2, -0.15) is 0 Å². The summed E-state index contributed by atoms with van der Waals surface area (Å²) in [7, 11) is 1.31. The van der Waals surface area contributed by atoms with Crippen molar-refractivity contribution in [2.24, 2.45) is 0 Å². The number of hydrogen-bond donors (Lipinski definition) is 1. The van der Waals surface area contributed by atoms with Crippen molar-refractivity contribution in [1.29, 1.82) is 0 Å². The molecule has 0 rings (SSSR count). The SMILES string of the molecule is C#CC[C@@H](O)/C=C/C=C/C#CCCOCC(=O)OC. The summed E-state index contributed by atoms with van der Waals surface area (Å²) in [5.41, 5.74) is 0. The van der Waals surface area contributed by atoms with Gasteiger partial charge in [-0.1, -0.05) is 30.1 Å². The van der Waals surface area contributed by atoms with Crippen LogP contribution in [0.5, 0.6) is 0 Å². The topological polar surface area (TPSA) is 55.8 Å². The van der Waals surface area contributed by atoms with Gasteiger partial charge >= 0.3 is 5.97 Å². The van der Waals surface area contributed by atoms with Crippen LogP contribution in [0.3, 0.4) is 0 Å². The van der Waals surface area contributed by atoms with Crippen molar-refractivity contribution < 1.29 is 19.4 Å². The Morgan fingerprint density at radius 2 is 2.26 bits per heavy atom. The molecule has 19 heavy (non-hydrogen) atoms. The maximum atomic E-state index is 10.7. The minimum atomic E-state index is -0.616. The minimum absolute atomic E-state index is 0.0518. The second-order valence-corrected chi connectivity index (χ2v) is 3.42. The molecule has 0 unspecified atom stereocenters. The average molecular weight is 262 g/mol. The van der Waals surface area contributed by atoms with Gasteiger partial charge in [-0.15, -0.1) is 12.3 Å². The van der Waals surface area contributed by atoms with Crippen molar-refractivity contribution in [3.8, 4) is 24.2 Å². The maximum absolute atomic E-state index is 10.7. The van der Waals surface area contributed by atoms with Gasteiger partial charge in [-0.3, -0.25) is 0 Å². The minimum Gasteiger partial charge on any atom is -0.467 e. The van der Waals surface area contributed by atoms with E-state index in [0.29, 0.717) is 19.4 Å². The fourth-order valence-corrected chi connectivity index (χ4v) is 0.954. The summed E-state index contributed by atoms with van der Waals surface area (Å²) >= 11 is 0. The molecular formula is C15H18O4. The number of aliphatic hydroxyl groups is 1. The molecule has 0 saturated heterocycles. The van der Waals surface area contributed by atoms with Gasteiger partial charge in [0.05, 0.1) is 19.8 Å². The number of ether oxygens (including phenoxy) is 2. The smallest absolute Gasteiger partial charge is 0.331 e. The first-order valence-corrected chi connectivity index (χ1v) is 5.78. The molecule has 0 amide bonds. The summed E-state index contributed by atoms with van der Waals surface area (Å²) in [6.07, 6.45) is 11.9. The van der Waals surface area contributed by atoms with E-state index in [1.54, 1.807) is 24.3 Å². The van der Waals surface area contributed by atoms with Crippen molar-refractivity contribution in [3.05, 3.63) is 24.3 Å². The third kappa shape index (κ3) is 12.2. The molecule has 0 bridgehead atoms. The lowest BCUT2D eigenvalue weighted by molar-refractivity contribution is -0.145. The zero-order chi connectivity index (χ0) is 14.3. The van der Waals surface area contributed by atoms with Gasteiger partial charge in [0, 0.05) is 12.8 Å². The fourth-order valence-electron chi connectivity index (χ4n) is 0.954. The van der Waals surface area contributed by atoms with Gasteiger partial charge in [-0.25, -0.2) is 4.79 Å². The van der Waals surface area contributed by atoms with Crippen LogP contribution in [0.4, 0.5) is 0 Å². The normalized spacial score (nSPS) is 11.8. The van der Waals surface area contributed by atoms with E-state index >= 15 is 0 Å². The van der Waals surface area contributed by atoms with Gasteiger partial charge < -0.3 is 14.6 Å². The van der Waals surface area contributed by atoms with Gasteiger partial charge in [0.2, 0.25) is 0 Å². The van der Waals surface area contributed by atoms with Crippen LogP contribution in [0.25, 0.3) is 0 Å². The van der Waals surface area contributed by atoms with Gasteiger partial charge in [0.25, 0.3) is 0 Å². The first-order valence-electron chi connectivity index (χ1n) is 5.78. The Morgan fingerprint density at radius 1 is 1.47 bits per heavy atom. The highest BCUT2D eigenvalue weighted by atomic mass is 16.6. The molecule has 1 atom stereocenters. The summed E-state index contributed by atoms with van der Waals surface area (Å²) in [5, 5.41) is 9.26. The van der Waals surface area contributed by atoms with Crippen LogP contribution in [0, 0.1) is 24.2 Å². The summed E-state index contributed by atoms with van der Waals surface area (Å²) in [5.74, 6) is 7.60. The molecule has 102 valence electrons. The number of terminal acetylenes is 1. The Hall–Kier alpha value is -2.01. The summed E-state index contributed by atoms with van der Waals surface area (Å²) in [6, 6.07) is 0. The van der Waals surface area contributed by atoms with Crippen LogP contribution >= 0.6 is 0 Å². The number of allylic oxidation sites excluding steroid dienone is 3. The summed E-state index contributed by atoms with van der Waals surface area (Å²) in [6.45, 7) is 0.330. The highest BCUT2D eigenvalue weighted by molar-refractivity contribution is 5.70. The number of rotatable bonds is 7. The predicted octanol–water partition coefficient (Wildman–Crippen LogP) is 1.07. The van der Waals surface area contributed by atoms with Gasteiger partial charge in [0.15, 0.2) is 0 Å². The van der Waals surface area contributed by atoms with E-state index in [4.69, 9.17) is 11.2 Å². The predicted molar refractivity (Wildman–Crippen MR) is 73.0 cm³/mol. The molecule has 0 aromatic carbocycles. The fraction of sp³-hybridized carbons (Fsp3) is 0.400. The monoisotopic (exact) mass is 262 g/mol. The van der Waals surface area contributed by atoms with Crippen LogP contribution in [-0.4, -0.2) is 37.5 Å². The Kier molecular flexibility index (Phi) is 11.1. The highest BCUT2D eigenvalue weighted by Gasteiger charge is 1.97. The van der Waals surface area contributed by atoms with Crippen molar-refractivity contribution in [1.82, 2.24) is 0 Å². The van der Waals surface area contributed by atoms with Crippen molar-refractivity contribution in [2.45, 2.75) is 18.9 Å². The van der Waals surface area contributed by atoms with E-state index in [9.17, 15) is 9.90 Å². The van der Waals surface area contributed by atoms with Crippen LogP contribution < -0.4 is 0 Å². The molecule has 0 aliphatic carbocycles. The largest absolute Gasteiger partial charge is 0.467 e. The van der Waals surface area contributed by atoms with E-state index in [1.165, 1.54) is 7.11 Å². The molecule has 0 aliphatic rings. The molecule has 0 aromatic rings. The Morgan fingerprint density at radius 3 is 2.95 bits per heavy atom. The first-order chi connectivity index (χ1) is 9.20. The zero-order valence-corrected chi connectivity index (χ0v) is 11.0. The Labute approximate surface area is 114 Å². The molecule has 0 aromatic heterocycles. The van der Waals surface area contributed by atoms with E-state index in [2.05, 4.69) is 22.5 Å². The van der Waals surface area contributed by atoms with Crippen molar-refractivity contribution >= 4 is 5.97 Å². The maximum Gasteiger partial charge on any atom is 0.331 e. The first kappa shape index (κ1) is 17.0. The van der Waals surface area contributed by atoms with Crippen LogP contribution in [0.2, 0.25) is 0 Å². The number of aliphatic hydroxyl groups excluding tert-OH is 1. The summed E-state index contributed by atoms with van der Waals surface area (Å²) in [4.78, 5) is 10.7. The number of carbonyl (C=O) groups excluding carboxylic acids is 1. The van der Waals surface area contributed by atoms with E-state index < -0.39 is 12.1 Å². The third-order valence-electron chi connectivity index (χ3n) is 1.87. The number of carbonyl (C=O) groups is 1. The van der Waals surface area contributed by atoms with Gasteiger partial charge in [0.1, 0.15) is 6.61 Å². The molecular weight excluding hydrogens is 244 g/mol. The third-order valence-corrected chi connectivity index (χ3v) is 1.87. The molecule has 0 fully saturated rings. The van der Waals surface area contributed by atoms with E-state index in [-0.39, 0.29) is 6.61 Å². The molecule has 4 nitrogen and oxygen atoms in total. The van der Waals surface area contributed by atoms with Gasteiger partial charge in [-0.05, 0) is 6.08 Å². The lowest BCUT2D eigenvalue weighted by Gasteiger charge is -1.98. The standard InChI is InChI=1S/C15H18O4/c1-3-10-14(16)11-8-6-4-5-7-9-12-19-13-15(17)18-2/h1,4,6,8,11,14,16H,9-10,12-13H2,2H3/b6-4+,11-8+/t14-/m1/s1. The average Bonchev–Trinajstić information content (AvgIpc) is 2.40. The molecule has 1 N–H and O–H groups in total. The number of hydrogen-bond acceptors (Lipinski definition) is 4. The number of esters is 1.